The number of halogens is 2. The molecule has 0 spiro atoms. The van der Waals surface area contributed by atoms with Gasteiger partial charge >= 0.3 is 0 Å². The Labute approximate surface area is 215 Å². The number of hydrogen-bond donors (Lipinski definition) is 1. The number of carbonyl (C=O) groups is 3. The molecule has 0 fully saturated rings. The number of hydrogen-bond acceptors (Lipinski definition) is 5. The van der Waals surface area contributed by atoms with Crippen LogP contribution in [0.4, 0.5) is 0 Å². The number of sulfonamides is 1. The molecule has 1 heterocycles. The van der Waals surface area contributed by atoms with Gasteiger partial charge in [-0.2, -0.15) is 0 Å². The van der Waals surface area contributed by atoms with E-state index in [1.165, 1.54) is 23.1 Å². The van der Waals surface area contributed by atoms with E-state index in [2.05, 4.69) is 5.32 Å². The highest BCUT2D eigenvalue weighted by atomic mass is 35.5. The van der Waals surface area contributed by atoms with Crippen molar-refractivity contribution in [3.63, 3.8) is 0 Å². The van der Waals surface area contributed by atoms with Crippen LogP contribution in [0.25, 0.3) is 0 Å². The van der Waals surface area contributed by atoms with Crippen molar-refractivity contribution in [1.29, 1.82) is 0 Å². The lowest BCUT2D eigenvalue weighted by Crippen LogP contribution is -2.49. The van der Waals surface area contributed by atoms with Crippen molar-refractivity contribution < 1.29 is 22.8 Å². The van der Waals surface area contributed by atoms with Crippen LogP contribution in [0.15, 0.2) is 47.4 Å². The summed E-state index contributed by atoms with van der Waals surface area (Å²) in [6.07, 6.45) is 0.773. The maximum Gasteiger partial charge on any atom is 0.269 e. The average molecular weight is 540 g/mol. The maximum atomic E-state index is 13.4. The van der Waals surface area contributed by atoms with Crippen LogP contribution in [0.2, 0.25) is 10.0 Å². The summed E-state index contributed by atoms with van der Waals surface area (Å²) in [5.41, 5.74) is 0.665. The van der Waals surface area contributed by atoms with Crippen LogP contribution < -0.4 is 5.32 Å². The van der Waals surface area contributed by atoms with Gasteiger partial charge < -0.3 is 10.2 Å². The molecule has 2 aromatic rings. The fourth-order valence-corrected chi connectivity index (χ4v) is 5.95. The summed E-state index contributed by atoms with van der Waals surface area (Å²) in [5, 5.41) is 3.58. The molecule has 0 aliphatic carbocycles. The van der Waals surface area contributed by atoms with Gasteiger partial charge in [-0.3, -0.25) is 14.4 Å². The molecule has 3 amide bonds. The van der Waals surface area contributed by atoms with Gasteiger partial charge in [0, 0.05) is 36.1 Å². The van der Waals surface area contributed by atoms with Gasteiger partial charge in [-0.1, -0.05) is 55.2 Å². The number of fused-ring (bicyclic) bond motifs is 1. The number of nitrogens with zero attached hydrogens (tertiary/aromatic N) is 2. The molecule has 11 heteroatoms. The predicted molar refractivity (Wildman–Crippen MR) is 134 cm³/mol. The SMILES string of the molecule is CCCNC(=O)[C@H](CC)N(Cc1ccc(Cl)cc1Cl)C(=O)CCN1C(=O)c2ccccc2S1(=O)=O. The van der Waals surface area contributed by atoms with Crippen LogP contribution >= 0.6 is 23.2 Å². The highest BCUT2D eigenvalue weighted by molar-refractivity contribution is 7.90. The maximum absolute atomic E-state index is 13.4. The Balaban J connectivity index is 1.84. The van der Waals surface area contributed by atoms with Crippen LogP contribution in [0.1, 0.15) is 49.0 Å². The lowest BCUT2D eigenvalue weighted by molar-refractivity contribution is -0.141. The van der Waals surface area contributed by atoms with Crippen molar-refractivity contribution >= 4 is 50.9 Å². The first kappa shape index (κ1) is 27.0. The Morgan fingerprint density at radius 3 is 2.46 bits per heavy atom. The van der Waals surface area contributed by atoms with Gasteiger partial charge in [0.05, 0.1) is 5.56 Å². The quantitative estimate of drug-likeness (QED) is 0.493. The number of carbonyl (C=O) groups excluding carboxylic acids is 3. The van der Waals surface area contributed by atoms with E-state index in [4.69, 9.17) is 23.2 Å². The standard InChI is InChI=1S/C24H27Cl2N3O5S/c1-3-12-27-23(31)20(4-2)28(15-16-9-10-17(25)14-19(16)26)22(30)11-13-29-24(32)18-7-5-6-8-21(18)35(29,33)34/h5-10,14,20H,3-4,11-13,15H2,1-2H3,(H,27,31)/t20-/m0/s1. The smallest absolute Gasteiger partial charge is 0.269 e. The van der Waals surface area contributed by atoms with E-state index >= 15 is 0 Å². The molecule has 1 aliphatic heterocycles. The van der Waals surface area contributed by atoms with Crippen LogP contribution in [0, 0.1) is 0 Å². The second kappa shape index (κ2) is 11.4. The molecule has 1 N–H and O–H groups in total. The summed E-state index contributed by atoms with van der Waals surface area (Å²) < 4.78 is 26.4. The van der Waals surface area contributed by atoms with Crippen LogP contribution in [-0.4, -0.2) is 54.5 Å². The molecule has 0 radical (unpaired) electrons. The highest BCUT2D eigenvalue weighted by Crippen LogP contribution is 2.30. The first-order valence-corrected chi connectivity index (χ1v) is 13.5. The van der Waals surface area contributed by atoms with E-state index in [0.717, 1.165) is 6.42 Å². The lowest BCUT2D eigenvalue weighted by atomic mass is 10.1. The molecule has 2 aromatic carbocycles. The second-order valence-electron chi connectivity index (χ2n) is 8.10. The number of rotatable bonds is 10. The monoisotopic (exact) mass is 539 g/mol. The molecular formula is C24H27Cl2N3O5S. The van der Waals surface area contributed by atoms with E-state index < -0.39 is 27.9 Å². The molecule has 3 rings (SSSR count). The summed E-state index contributed by atoms with van der Waals surface area (Å²) in [6.45, 7) is 3.84. The minimum absolute atomic E-state index is 0.0216. The van der Waals surface area contributed by atoms with Crippen LogP contribution in [0.5, 0.6) is 0 Å². The predicted octanol–water partition coefficient (Wildman–Crippen LogP) is 3.86. The summed E-state index contributed by atoms with van der Waals surface area (Å²) in [6, 6.07) is 9.98. The zero-order valence-corrected chi connectivity index (χ0v) is 21.8. The molecule has 0 aromatic heterocycles. The molecule has 1 aliphatic rings. The molecular weight excluding hydrogens is 513 g/mol. The molecule has 188 valence electrons. The third kappa shape index (κ3) is 5.79. The first-order valence-electron chi connectivity index (χ1n) is 11.3. The van der Waals surface area contributed by atoms with Crippen LogP contribution in [0.3, 0.4) is 0 Å². The van der Waals surface area contributed by atoms with Gasteiger partial charge in [-0.15, -0.1) is 0 Å². The van der Waals surface area contributed by atoms with Crippen molar-refractivity contribution in [3.8, 4) is 0 Å². The van der Waals surface area contributed by atoms with Crippen molar-refractivity contribution in [2.75, 3.05) is 13.1 Å². The molecule has 0 saturated heterocycles. The summed E-state index contributed by atoms with van der Waals surface area (Å²) in [7, 11) is -4.04. The summed E-state index contributed by atoms with van der Waals surface area (Å²) in [4.78, 5) is 40.3. The van der Waals surface area contributed by atoms with Gasteiger partial charge in [0.1, 0.15) is 10.9 Å². The summed E-state index contributed by atoms with van der Waals surface area (Å²) in [5.74, 6) is -1.47. The molecule has 8 nitrogen and oxygen atoms in total. The van der Waals surface area contributed by atoms with Crippen molar-refractivity contribution in [1.82, 2.24) is 14.5 Å². The number of amides is 3. The third-order valence-corrected chi connectivity index (χ3v) is 8.16. The lowest BCUT2D eigenvalue weighted by Gasteiger charge is -2.31. The second-order valence-corrected chi connectivity index (χ2v) is 10.8. The normalized spacial score (nSPS) is 15.0. The fraction of sp³-hybridized carbons (Fsp3) is 0.375. The Morgan fingerprint density at radius 1 is 1.11 bits per heavy atom. The molecule has 0 saturated carbocycles. The van der Waals surface area contributed by atoms with E-state index in [-0.39, 0.29) is 35.9 Å². The van der Waals surface area contributed by atoms with E-state index in [0.29, 0.717) is 32.9 Å². The Morgan fingerprint density at radius 2 is 1.83 bits per heavy atom. The first-order chi connectivity index (χ1) is 16.6. The molecule has 35 heavy (non-hydrogen) atoms. The van der Waals surface area contributed by atoms with Crippen molar-refractivity contribution in [2.24, 2.45) is 0 Å². The van der Waals surface area contributed by atoms with Gasteiger partial charge in [-0.05, 0) is 42.7 Å². The van der Waals surface area contributed by atoms with E-state index in [1.807, 2.05) is 6.92 Å². The highest BCUT2D eigenvalue weighted by Gasteiger charge is 2.41. The minimum Gasteiger partial charge on any atom is -0.354 e. The topological polar surface area (TPSA) is 104 Å². The molecule has 1 atom stereocenters. The number of benzene rings is 2. The third-order valence-electron chi connectivity index (χ3n) is 5.73. The zero-order chi connectivity index (χ0) is 25.8. The molecule has 0 unspecified atom stereocenters. The average Bonchev–Trinajstić information content (AvgIpc) is 3.02. The van der Waals surface area contributed by atoms with Crippen molar-refractivity contribution in [2.45, 2.75) is 50.6 Å². The molecule has 0 bridgehead atoms. The van der Waals surface area contributed by atoms with Crippen molar-refractivity contribution in [3.05, 3.63) is 63.6 Å². The van der Waals surface area contributed by atoms with Gasteiger partial charge in [0.25, 0.3) is 15.9 Å². The Bertz CT molecular complexity index is 1240. The fourth-order valence-electron chi connectivity index (χ4n) is 3.91. The van der Waals surface area contributed by atoms with Gasteiger partial charge in [0.2, 0.25) is 11.8 Å². The zero-order valence-electron chi connectivity index (χ0n) is 19.5. The Kier molecular flexibility index (Phi) is 8.79. The Hall–Kier alpha value is -2.62. The van der Waals surface area contributed by atoms with Crippen LogP contribution in [-0.2, 0) is 26.2 Å². The number of nitrogens with one attached hydrogen (secondary N) is 1. The van der Waals surface area contributed by atoms with Gasteiger partial charge in [-0.25, -0.2) is 12.7 Å². The summed E-state index contributed by atoms with van der Waals surface area (Å²) >= 11 is 12.3. The van der Waals surface area contributed by atoms with E-state index in [9.17, 15) is 22.8 Å². The van der Waals surface area contributed by atoms with Gasteiger partial charge in [0.15, 0.2) is 0 Å². The van der Waals surface area contributed by atoms with E-state index in [1.54, 1.807) is 31.2 Å². The minimum atomic E-state index is -4.04. The largest absolute Gasteiger partial charge is 0.354 e.